The molecule has 2 aliphatic heterocycles. The fraction of sp³-hybridized carbons (Fsp3) is 0.412. The van der Waals surface area contributed by atoms with Gasteiger partial charge in [-0.05, 0) is 73.5 Å². The number of para-hydroxylation sites is 1. The number of anilines is 1. The summed E-state index contributed by atoms with van der Waals surface area (Å²) in [5.41, 5.74) is 4.11. The number of ether oxygens (including phenoxy) is 3. The van der Waals surface area contributed by atoms with Gasteiger partial charge in [0.05, 0.1) is 12.5 Å². The smallest absolute Gasteiger partial charge is 0.309 e. The summed E-state index contributed by atoms with van der Waals surface area (Å²) < 4.78 is 31.5. The Hall–Kier alpha value is -4.15. The van der Waals surface area contributed by atoms with E-state index >= 15 is 0 Å². The molecule has 0 spiro atoms. The quantitative estimate of drug-likeness (QED) is 0.294. The molecule has 2 N–H and O–H groups in total. The Morgan fingerprint density at radius 2 is 1.75 bits per heavy atom. The number of carboxylic acids is 1. The fourth-order valence-electron chi connectivity index (χ4n) is 6.20. The molecule has 0 aromatic heterocycles. The van der Waals surface area contributed by atoms with Crippen molar-refractivity contribution in [1.29, 1.82) is 0 Å². The van der Waals surface area contributed by atoms with Crippen molar-refractivity contribution in [2.45, 2.75) is 38.6 Å². The standard InChI is InChI=1S/C34H40FN3O6/c1-5-21-8-7-9-22(6-2)31(21)36-29(39)19-38-18-26(24-16-27(35)33-28(17-24)43-20-44-33)30(34(40)41)32(38)23-10-12-25(13-11-23)42-15-14-37(3)4/h7-13,16-17,26,30,32H,5-6,14-15,18-20H2,1-4H3,(H,36,39)(H,40,41)/t26-,30?,32+/m1/s1. The van der Waals surface area contributed by atoms with Crippen LogP contribution in [0.2, 0.25) is 0 Å². The van der Waals surface area contributed by atoms with Crippen LogP contribution in [0.1, 0.15) is 48.1 Å². The van der Waals surface area contributed by atoms with Gasteiger partial charge >= 0.3 is 5.97 Å². The first-order chi connectivity index (χ1) is 21.2. The van der Waals surface area contributed by atoms with Crippen LogP contribution < -0.4 is 19.5 Å². The van der Waals surface area contributed by atoms with Crippen molar-refractivity contribution in [3.8, 4) is 17.2 Å². The molecular weight excluding hydrogens is 565 g/mol. The average molecular weight is 606 g/mol. The third-order valence-electron chi connectivity index (χ3n) is 8.40. The normalized spacial score (nSPS) is 19.4. The zero-order valence-electron chi connectivity index (χ0n) is 25.6. The first-order valence-electron chi connectivity index (χ1n) is 15.0. The second-order valence-electron chi connectivity index (χ2n) is 11.5. The van der Waals surface area contributed by atoms with Gasteiger partial charge in [-0.25, -0.2) is 4.39 Å². The number of benzene rings is 3. The molecule has 0 saturated carbocycles. The van der Waals surface area contributed by atoms with Crippen molar-refractivity contribution in [1.82, 2.24) is 9.80 Å². The molecule has 3 aromatic carbocycles. The molecule has 1 unspecified atom stereocenters. The highest BCUT2D eigenvalue weighted by Crippen LogP contribution is 2.48. The SMILES string of the molecule is CCc1cccc(CC)c1NC(=O)CN1C[C@H](c2cc(F)c3c(c2)OCO3)C(C(=O)O)[C@@H]1c1ccc(OCCN(C)C)cc1. The monoisotopic (exact) mass is 605 g/mol. The van der Waals surface area contributed by atoms with E-state index in [9.17, 15) is 19.1 Å². The van der Waals surface area contributed by atoms with E-state index in [1.165, 1.54) is 6.07 Å². The van der Waals surface area contributed by atoms with Gasteiger partial charge in [0.1, 0.15) is 12.4 Å². The van der Waals surface area contributed by atoms with Gasteiger partial charge in [0.2, 0.25) is 18.4 Å². The van der Waals surface area contributed by atoms with Gasteiger partial charge in [0.25, 0.3) is 0 Å². The van der Waals surface area contributed by atoms with E-state index in [1.807, 2.05) is 80.2 Å². The molecule has 3 atom stereocenters. The maximum atomic E-state index is 15.0. The number of rotatable bonds is 12. The van der Waals surface area contributed by atoms with Gasteiger partial charge in [0, 0.05) is 30.7 Å². The van der Waals surface area contributed by atoms with Crippen molar-refractivity contribution >= 4 is 17.6 Å². The van der Waals surface area contributed by atoms with Gasteiger partial charge < -0.3 is 29.5 Å². The summed E-state index contributed by atoms with van der Waals surface area (Å²) in [7, 11) is 3.94. The Morgan fingerprint density at radius 1 is 1.05 bits per heavy atom. The summed E-state index contributed by atoms with van der Waals surface area (Å²) >= 11 is 0. The molecule has 0 aliphatic carbocycles. The maximum Gasteiger partial charge on any atom is 0.309 e. The van der Waals surface area contributed by atoms with E-state index in [1.54, 1.807) is 6.07 Å². The number of carboxylic acid groups (broad SMARTS) is 1. The van der Waals surface area contributed by atoms with E-state index < -0.39 is 29.7 Å². The number of hydrogen-bond acceptors (Lipinski definition) is 7. The van der Waals surface area contributed by atoms with Crippen molar-refractivity contribution in [2.75, 3.05) is 52.4 Å². The van der Waals surface area contributed by atoms with Crippen LogP contribution in [0.3, 0.4) is 0 Å². The first kappa shape index (κ1) is 31.3. The summed E-state index contributed by atoms with van der Waals surface area (Å²) in [6.07, 6.45) is 1.52. The lowest BCUT2D eigenvalue weighted by molar-refractivity contribution is -0.143. The molecule has 1 saturated heterocycles. The highest BCUT2D eigenvalue weighted by atomic mass is 19.1. The lowest BCUT2D eigenvalue weighted by Gasteiger charge is -2.27. The molecule has 0 bridgehead atoms. The number of likely N-dealkylation sites (N-methyl/N-ethyl adjacent to an activating group) is 1. The number of hydrogen-bond donors (Lipinski definition) is 2. The molecule has 44 heavy (non-hydrogen) atoms. The summed E-state index contributed by atoms with van der Waals surface area (Å²) in [6.45, 7) is 5.44. The summed E-state index contributed by atoms with van der Waals surface area (Å²) in [5.74, 6) is -2.50. The minimum absolute atomic E-state index is 0.0255. The van der Waals surface area contributed by atoms with Gasteiger partial charge in [-0.15, -0.1) is 0 Å². The van der Waals surface area contributed by atoms with E-state index in [4.69, 9.17) is 14.2 Å². The number of carbonyl (C=O) groups is 2. The third kappa shape index (κ3) is 6.66. The molecule has 0 radical (unpaired) electrons. The van der Waals surface area contributed by atoms with Crippen LogP contribution in [0, 0.1) is 11.7 Å². The summed E-state index contributed by atoms with van der Waals surface area (Å²) in [6, 6.07) is 15.6. The predicted octanol–water partition coefficient (Wildman–Crippen LogP) is 5.10. The zero-order valence-corrected chi connectivity index (χ0v) is 25.6. The number of halogens is 1. The fourth-order valence-corrected chi connectivity index (χ4v) is 6.20. The Balaban J connectivity index is 1.47. The van der Waals surface area contributed by atoms with Gasteiger partial charge in [-0.1, -0.05) is 44.2 Å². The van der Waals surface area contributed by atoms with Crippen molar-refractivity contribution in [3.63, 3.8) is 0 Å². The molecule has 2 heterocycles. The van der Waals surface area contributed by atoms with E-state index in [0.717, 1.165) is 41.8 Å². The number of fused-ring (bicyclic) bond motifs is 1. The number of amides is 1. The molecule has 3 aromatic rings. The second-order valence-corrected chi connectivity index (χ2v) is 11.5. The lowest BCUT2D eigenvalue weighted by Crippen LogP contribution is -2.35. The Labute approximate surface area is 257 Å². The highest BCUT2D eigenvalue weighted by molar-refractivity contribution is 5.94. The van der Waals surface area contributed by atoms with Crippen LogP contribution in [0.15, 0.2) is 54.6 Å². The number of carbonyl (C=O) groups excluding carboxylic acids is 1. The largest absolute Gasteiger partial charge is 0.492 e. The zero-order chi connectivity index (χ0) is 31.4. The van der Waals surface area contributed by atoms with Gasteiger partial charge in [-0.3, -0.25) is 14.5 Å². The topological polar surface area (TPSA) is 101 Å². The van der Waals surface area contributed by atoms with Gasteiger partial charge in [-0.2, -0.15) is 0 Å². The number of nitrogens with zero attached hydrogens (tertiary/aromatic N) is 2. The van der Waals surface area contributed by atoms with Crippen LogP contribution in [-0.4, -0.2) is 73.9 Å². The molecule has 10 heteroatoms. The molecule has 9 nitrogen and oxygen atoms in total. The van der Waals surface area contributed by atoms with Crippen LogP contribution in [0.4, 0.5) is 10.1 Å². The van der Waals surface area contributed by atoms with E-state index in [-0.39, 0.29) is 37.3 Å². The number of likely N-dealkylation sites (tertiary alicyclic amines) is 1. The van der Waals surface area contributed by atoms with Crippen LogP contribution >= 0.6 is 0 Å². The van der Waals surface area contributed by atoms with E-state index in [0.29, 0.717) is 17.9 Å². The molecular formula is C34H40FN3O6. The third-order valence-corrected chi connectivity index (χ3v) is 8.40. The van der Waals surface area contributed by atoms with Crippen molar-refractivity contribution in [3.05, 3.63) is 82.7 Å². The van der Waals surface area contributed by atoms with Crippen LogP contribution in [-0.2, 0) is 22.4 Å². The van der Waals surface area contributed by atoms with E-state index in [2.05, 4.69) is 5.32 Å². The second kappa shape index (κ2) is 13.7. The van der Waals surface area contributed by atoms with Crippen LogP contribution in [0.25, 0.3) is 0 Å². The average Bonchev–Trinajstić information content (AvgIpc) is 3.63. The highest BCUT2D eigenvalue weighted by Gasteiger charge is 2.48. The summed E-state index contributed by atoms with van der Waals surface area (Å²) in [4.78, 5) is 30.5. The number of aliphatic carboxylic acids is 1. The number of nitrogens with one attached hydrogen (secondary N) is 1. The van der Waals surface area contributed by atoms with Crippen LogP contribution in [0.5, 0.6) is 17.2 Å². The minimum atomic E-state index is -1.03. The van der Waals surface area contributed by atoms with Gasteiger partial charge in [0.15, 0.2) is 11.6 Å². The minimum Gasteiger partial charge on any atom is -0.492 e. The first-order valence-corrected chi connectivity index (χ1v) is 15.0. The Morgan fingerprint density at radius 3 is 2.39 bits per heavy atom. The maximum absolute atomic E-state index is 15.0. The molecule has 1 amide bonds. The molecule has 234 valence electrons. The predicted molar refractivity (Wildman–Crippen MR) is 165 cm³/mol. The van der Waals surface area contributed by atoms with Crippen molar-refractivity contribution in [2.24, 2.45) is 5.92 Å². The molecule has 5 rings (SSSR count). The number of aryl methyl sites for hydroxylation is 2. The molecule has 2 aliphatic rings. The lowest BCUT2D eigenvalue weighted by atomic mass is 9.82. The van der Waals surface area contributed by atoms with Crippen molar-refractivity contribution < 1.29 is 33.3 Å². The molecule has 1 fully saturated rings. The Bertz CT molecular complexity index is 1470. The Kier molecular flexibility index (Phi) is 9.71. The summed E-state index contributed by atoms with van der Waals surface area (Å²) in [5, 5.41) is 13.7.